The summed E-state index contributed by atoms with van der Waals surface area (Å²) >= 11 is 0. The van der Waals surface area contributed by atoms with E-state index >= 15 is 0 Å². The van der Waals surface area contributed by atoms with E-state index in [0.717, 1.165) is 6.26 Å². The van der Waals surface area contributed by atoms with Gasteiger partial charge in [0, 0.05) is 12.2 Å². The fourth-order valence-corrected chi connectivity index (χ4v) is 2.34. The molecular formula is C9H14N2O3S. The largest absolute Gasteiger partial charge is 0.338 e. The standard InChI is InChI=1S/C9H14N2O3S/c1-7(5-15(2,13)14)8(12)11-9(6-10)3-4-9/h7H,3-5H2,1-2H3,(H,11,12)/t7-/m0/s1. The van der Waals surface area contributed by atoms with Gasteiger partial charge in [0.1, 0.15) is 15.4 Å². The number of nitriles is 1. The van der Waals surface area contributed by atoms with Crippen LogP contribution in [-0.2, 0) is 14.6 Å². The number of nitrogens with zero attached hydrogens (tertiary/aromatic N) is 1. The number of carbonyl (C=O) groups excluding carboxylic acids is 1. The van der Waals surface area contributed by atoms with Gasteiger partial charge in [-0.15, -0.1) is 0 Å². The highest BCUT2D eigenvalue weighted by atomic mass is 32.2. The van der Waals surface area contributed by atoms with E-state index in [2.05, 4.69) is 5.32 Å². The minimum absolute atomic E-state index is 0.180. The minimum Gasteiger partial charge on any atom is -0.338 e. The molecule has 5 nitrogen and oxygen atoms in total. The van der Waals surface area contributed by atoms with Crippen molar-refractivity contribution in [3.8, 4) is 6.07 Å². The van der Waals surface area contributed by atoms with Crippen molar-refractivity contribution in [2.24, 2.45) is 5.92 Å². The Bertz CT molecular complexity index is 404. The Morgan fingerprint density at radius 2 is 2.13 bits per heavy atom. The lowest BCUT2D eigenvalue weighted by Crippen LogP contribution is -2.40. The number of sulfone groups is 1. The third kappa shape index (κ3) is 3.51. The van der Waals surface area contributed by atoms with Crippen molar-refractivity contribution >= 4 is 15.7 Å². The first kappa shape index (κ1) is 12.0. The third-order valence-electron chi connectivity index (χ3n) is 2.33. The fourth-order valence-electron chi connectivity index (χ4n) is 1.28. The Balaban J connectivity index is 2.52. The van der Waals surface area contributed by atoms with E-state index in [-0.39, 0.29) is 11.7 Å². The zero-order valence-electron chi connectivity index (χ0n) is 8.78. The molecule has 1 aliphatic carbocycles. The maximum atomic E-state index is 11.5. The highest BCUT2D eigenvalue weighted by Crippen LogP contribution is 2.34. The molecule has 0 unspecified atom stereocenters. The molecule has 1 N–H and O–H groups in total. The quantitative estimate of drug-likeness (QED) is 0.727. The maximum Gasteiger partial charge on any atom is 0.225 e. The van der Waals surface area contributed by atoms with Crippen LogP contribution in [-0.4, -0.2) is 31.9 Å². The predicted molar refractivity (Wildman–Crippen MR) is 54.6 cm³/mol. The van der Waals surface area contributed by atoms with Gasteiger partial charge < -0.3 is 5.32 Å². The molecule has 0 heterocycles. The van der Waals surface area contributed by atoms with Gasteiger partial charge >= 0.3 is 0 Å². The van der Waals surface area contributed by atoms with Gasteiger partial charge in [0.15, 0.2) is 0 Å². The molecule has 0 aromatic rings. The highest BCUT2D eigenvalue weighted by Gasteiger charge is 2.45. The first-order valence-electron chi connectivity index (χ1n) is 4.69. The predicted octanol–water partition coefficient (Wildman–Crippen LogP) is -0.161. The van der Waals surface area contributed by atoms with Gasteiger partial charge in [-0.2, -0.15) is 5.26 Å². The summed E-state index contributed by atoms with van der Waals surface area (Å²) < 4.78 is 21.9. The summed E-state index contributed by atoms with van der Waals surface area (Å²) in [4.78, 5) is 11.5. The second-order valence-corrected chi connectivity index (χ2v) is 6.36. The van der Waals surface area contributed by atoms with Crippen LogP contribution in [0.1, 0.15) is 19.8 Å². The van der Waals surface area contributed by atoms with E-state index in [0.29, 0.717) is 12.8 Å². The molecule has 1 fully saturated rings. The lowest BCUT2D eigenvalue weighted by Gasteiger charge is -2.13. The molecule has 6 heteroatoms. The van der Waals surface area contributed by atoms with Crippen molar-refractivity contribution in [3.63, 3.8) is 0 Å². The van der Waals surface area contributed by atoms with Crippen LogP contribution in [0.3, 0.4) is 0 Å². The summed E-state index contributed by atoms with van der Waals surface area (Å²) in [5.74, 6) is -1.15. The summed E-state index contributed by atoms with van der Waals surface area (Å²) in [5.41, 5.74) is -0.719. The Labute approximate surface area is 89.4 Å². The summed E-state index contributed by atoms with van der Waals surface area (Å²) in [7, 11) is -3.15. The van der Waals surface area contributed by atoms with Crippen LogP contribution in [0.2, 0.25) is 0 Å². The zero-order chi connectivity index (χ0) is 11.7. The second-order valence-electron chi connectivity index (χ2n) is 4.18. The summed E-state index contributed by atoms with van der Waals surface area (Å²) in [6, 6.07) is 2.02. The molecule has 0 spiro atoms. The molecule has 1 saturated carbocycles. The van der Waals surface area contributed by atoms with Gasteiger partial charge in [-0.05, 0) is 12.8 Å². The van der Waals surface area contributed by atoms with E-state index < -0.39 is 21.3 Å². The lowest BCUT2D eigenvalue weighted by atomic mass is 10.2. The van der Waals surface area contributed by atoms with Crippen LogP contribution in [0, 0.1) is 17.2 Å². The second kappa shape index (κ2) is 3.81. The minimum atomic E-state index is -3.15. The molecule has 0 bridgehead atoms. The monoisotopic (exact) mass is 230 g/mol. The van der Waals surface area contributed by atoms with E-state index in [9.17, 15) is 13.2 Å². The number of rotatable bonds is 4. The molecule has 15 heavy (non-hydrogen) atoms. The van der Waals surface area contributed by atoms with Gasteiger partial charge in [0.05, 0.1) is 11.8 Å². The highest BCUT2D eigenvalue weighted by molar-refractivity contribution is 7.90. The number of hydrogen-bond acceptors (Lipinski definition) is 4. The van der Waals surface area contributed by atoms with Crippen LogP contribution in [0.4, 0.5) is 0 Å². The first-order valence-corrected chi connectivity index (χ1v) is 6.75. The Morgan fingerprint density at radius 1 is 1.60 bits per heavy atom. The molecule has 0 radical (unpaired) electrons. The van der Waals surface area contributed by atoms with Crippen LogP contribution in [0.25, 0.3) is 0 Å². The SMILES string of the molecule is C[C@@H](CS(C)(=O)=O)C(=O)NC1(C#N)CC1. The summed E-state index contributed by atoms with van der Waals surface area (Å²) in [6.45, 7) is 1.55. The molecule has 1 aliphatic rings. The van der Waals surface area contributed by atoms with E-state index in [1.165, 1.54) is 0 Å². The Hall–Kier alpha value is -1.09. The normalized spacial score (nSPS) is 20.1. The molecule has 84 valence electrons. The van der Waals surface area contributed by atoms with E-state index in [4.69, 9.17) is 5.26 Å². The Kier molecular flexibility index (Phi) is 3.05. The molecular weight excluding hydrogens is 216 g/mol. The average molecular weight is 230 g/mol. The van der Waals surface area contributed by atoms with Crippen molar-refractivity contribution in [3.05, 3.63) is 0 Å². The molecule has 0 aromatic heterocycles. The van der Waals surface area contributed by atoms with Gasteiger partial charge in [-0.25, -0.2) is 8.42 Å². The van der Waals surface area contributed by atoms with Crippen LogP contribution in [0.5, 0.6) is 0 Å². The molecule has 0 aromatic carbocycles. The topological polar surface area (TPSA) is 87.0 Å². The molecule has 0 aliphatic heterocycles. The van der Waals surface area contributed by atoms with Crippen molar-refractivity contribution in [2.75, 3.05) is 12.0 Å². The molecule has 0 saturated heterocycles. The van der Waals surface area contributed by atoms with Gasteiger partial charge in [-0.1, -0.05) is 6.92 Å². The molecule has 1 atom stereocenters. The van der Waals surface area contributed by atoms with E-state index in [1.807, 2.05) is 6.07 Å². The summed E-state index contributed by atoms with van der Waals surface area (Å²) in [5, 5.41) is 11.3. The number of carbonyl (C=O) groups is 1. The number of nitrogens with one attached hydrogen (secondary N) is 1. The van der Waals surface area contributed by atoms with Gasteiger partial charge in [-0.3, -0.25) is 4.79 Å². The fraction of sp³-hybridized carbons (Fsp3) is 0.778. The average Bonchev–Trinajstić information content (AvgIpc) is 2.82. The van der Waals surface area contributed by atoms with Crippen molar-refractivity contribution in [2.45, 2.75) is 25.3 Å². The van der Waals surface area contributed by atoms with Crippen molar-refractivity contribution in [1.82, 2.24) is 5.32 Å². The molecule has 1 amide bonds. The maximum absolute atomic E-state index is 11.5. The Morgan fingerprint density at radius 3 is 2.47 bits per heavy atom. The molecule has 1 rings (SSSR count). The van der Waals surface area contributed by atoms with Gasteiger partial charge in [0.2, 0.25) is 5.91 Å². The van der Waals surface area contributed by atoms with Crippen LogP contribution >= 0.6 is 0 Å². The van der Waals surface area contributed by atoms with Crippen molar-refractivity contribution < 1.29 is 13.2 Å². The van der Waals surface area contributed by atoms with Gasteiger partial charge in [0.25, 0.3) is 0 Å². The van der Waals surface area contributed by atoms with Crippen LogP contribution in [0.15, 0.2) is 0 Å². The lowest BCUT2D eigenvalue weighted by molar-refractivity contribution is -0.124. The smallest absolute Gasteiger partial charge is 0.225 e. The van der Waals surface area contributed by atoms with Crippen molar-refractivity contribution in [1.29, 1.82) is 5.26 Å². The number of amides is 1. The van der Waals surface area contributed by atoms with Crippen LogP contribution < -0.4 is 5.32 Å². The third-order valence-corrected chi connectivity index (χ3v) is 3.43. The van der Waals surface area contributed by atoms with E-state index in [1.54, 1.807) is 6.92 Å². The summed E-state index contributed by atoms with van der Waals surface area (Å²) in [6.07, 6.45) is 2.40. The zero-order valence-corrected chi connectivity index (χ0v) is 9.60. The number of hydrogen-bond donors (Lipinski definition) is 1. The first-order chi connectivity index (χ1) is 6.78.